The van der Waals surface area contributed by atoms with Crippen LogP contribution in [-0.2, 0) is 53.9 Å². The standard InChI is InChI=1S/C45H53NO11Si/c1-27(47)22-23-37(48)55-39-36(26-52-24-30-16-10-9-11-17-30)54-43(57-58(7,8)45(4,5)6)38(46-41(49)28(2)29(3)42(46)50)40(39)56-44(51)53-25-35-33-20-14-12-18-31(33)32-19-13-15-21-34(32)35/h9-21,35-36,38-40,43H,22-26H2,1-8H3/t36-,38-,39-,40-,43+/m1/s1. The van der Waals surface area contributed by atoms with Crippen LogP contribution in [0.4, 0.5) is 4.79 Å². The highest BCUT2D eigenvalue weighted by atomic mass is 28.4. The smallest absolute Gasteiger partial charge is 0.455 e. The Kier molecular flexibility index (Phi) is 12.9. The zero-order valence-corrected chi connectivity index (χ0v) is 35.4. The molecule has 13 heteroatoms. The minimum Gasteiger partial charge on any atom is -0.455 e. The number of rotatable bonds is 14. The van der Waals surface area contributed by atoms with E-state index in [0.717, 1.165) is 32.7 Å². The van der Waals surface area contributed by atoms with Crippen molar-refractivity contribution >= 4 is 38.0 Å². The summed E-state index contributed by atoms with van der Waals surface area (Å²) in [6.07, 6.45) is -6.90. The number of hydrogen-bond donors (Lipinski definition) is 0. The Bertz CT molecular complexity index is 2000. The number of imide groups is 1. The van der Waals surface area contributed by atoms with E-state index in [1.165, 1.54) is 6.92 Å². The van der Waals surface area contributed by atoms with E-state index in [1.54, 1.807) is 13.8 Å². The molecule has 0 N–H and O–H groups in total. The van der Waals surface area contributed by atoms with Crippen LogP contribution in [0.1, 0.15) is 77.0 Å². The van der Waals surface area contributed by atoms with Crippen molar-refractivity contribution in [3.05, 3.63) is 107 Å². The van der Waals surface area contributed by atoms with Gasteiger partial charge in [0.05, 0.1) is 19.6 Å². The monoisotopic (exact) mass is 811 g/mol. The van der Waals surface area contributed by atoms with Crippen LogP contribution in [0.15, 0.2) is 90.0 Å². The van der Waals surface area contributed by atoms with E-state index in [4.69, 9.17) is 28.1 Å². The van der Waals surface area contributed by atoms with Gasteiger partial charge in [-0.2, -0.15) is 0 Å². The molecule has 0 aromatic heterocycles. The van der Waals surface area contributed by atoms with Gasteiger partial charge in [-0.05, 0) is 66.7 Å². The van der Waals surface area contributed by atoms with Gasteiger partial charge in [-0.1, -0.05) is 99.6 Å². The average molecular weight is 812 g/mol. The maximum Gasteiger partial charge on any atom is 0.508 e. The van der Waals surface area contributed by atoms with Crippen LogP contribution in [0.2, 0.25) is 18.1 Å². The van der Waals surface area contributed by atoms with Crippen molar-refractivity contribution in [2.75, 3.05) is 13.2 Å². The molecule has 12 nitrogen and oxygen atoms in total. The van der Waals surface area contributed by atoms with Gasteiger partial charge in [-0.25, -0.2) is 4.79 Å². The molecule has 6 rings (SSSR count). The van der Waals surface area contributed by atoms with Crippen molar-refractivity contribution in [2.24, 2.45) is 0 Å². The van der Waals surface area contributed by atoms with Crippen LogP contribution in [0, 0.1) is 0 Å². The number of hydrogen-bond acceptors (Lipinski definition) is 11. The lowest BCUT2D eigenvalue weighted by Crippen LogP contribution is -2.69. The summed E-state index contributed by atoms with van der Waals surface area (Å²) < 4.78 is 37.9. The van der Waals surface area contributed by atoms with Gasteiger partial charge in [0.2, 0.25) is 0 Å². The van der Waals surface area contributed by atoms with E-state index in [2.05, 4.69) is 0 Å². The molecule has 3 aromatic rings. The fraction of sp³-hybridized carbons (Fsp3) is 0.444. The number of esters is 1. The Labute approximate surface area is 340 Å². The van der Waals surface area contributed by atoms with E-state index in [0.29, 0.717) is 0 Å². The topological polar surface area (TPSA) is 144 Å². The normalized spacial score (nSPS) is 22.1. The molecular formula is C45H53NO11Si. The summed E-state index contributed by atoms with van der Waals surface area (Å²) in [5, 5.41) is -0.359. The van der Waals surface area contributed by atoms with Crippen molar-refractivity contribution in [3.8, 4) is 11.1 Å². The van der Waals surface area contributed by atoms with Crippen molar-refractivity contribution in [1.29, 1.82) is 0 Å². The number of carbonyl (C=O) groups excluding carboxylic acids is 5. The van der Waals surface area contributed by atoms with Gasteiger partial charge in [0, 0.05) is 23.5 Å². The predicted octanol–water partition coefficient (Wildman–Crippen LogP) is 7.64. The van der Waals surface area contributed by atoms with Crippen molar-refractivity contribution < 1.29 is 52.1 Å². The molecule has 0 radical (unpaired) electrons. The molecule has 1 saturated heterocycles. The Morgan fingerprint density at radius 3 is 1.90 bits per heavy atom. The molecule has 3 aliphatic rings. The number of benzene rings is 3. The Balaban J connectivity index is 1.39. The van der Waals surface area contributed by atoms with E-state index < -0.39 is 62.9 Å². The predicted molar refractivity (Wildman–Crippen MR) is 217 cm³/mol. The summed E-state index contributed by atoms with van der Waals surface area (Å²) >= 11 is 0. The first kappa shape index (κ1) is 42.6. The van der Waals surface area contributed by atoms with Crippen molar-refractivity contribution in [3.63, 3.8) is 0 Å². The average Bonchev–Trinajstić information content (AvgIpc) is 3.59. The molecular weight excluding hydrogens is 759 g/mol. The molecule has 0 unspecified atom stereocenters. The van der Waals surface area contributed by atoms with Crippen LogP contribution in [0.3, 0.4) is 0 Å². The lowest BCUT2D eigenvalue weighted by atomic mass is 9.94. The van der Waals surface area contributed by atoms with Gasteiger partial charge in [0.1, 0.15) is 24.5 Å². The molecule has 1 aliphatic carbocycles. The van der Waals surface area contributed by atoms with Gasteiger partial charge in [0.25, 0.3) is 11.8 Å². The lowest BCUT2D eigenvalue weighted by molar-refractivity contribution is -0.271. The van der Waals surface area contributed by atoms with Gasteiger partial charge in [-0.3, -0.25) is 19.3 Å². The molecule has 2 heterocycles. The number of carbonyl (C=O) groups is 5. The zero-order chi connectivity index (χ0) is 41.9. The number of Topliss-reactive ketones (excluding diaryl/α,β-unsaturated/α-hetero) is 1. The first-order chi connectivity index (χ1) is 27.5. The summed E-state index contributed by atoms with van der Waals surface area (Å²) in [4.78, 5) is 68.5. The molecule has 2 amide bonds. The molecule has 58 heavy (non-hydrogen) atoms. The third-order valence-electron chi connectivity index (χ3n) is 11.7. The Morgan fingerprint density at radius 2 is 1.33 bits per heavy atom. The second-order valence-corrected chi connectivity index (χ2v) is 21.4. The molecule has 1 fully saturated rings. The second kappa shape index (κ2) is 17.5. The fourth-order valence-electron chi connectivity index (χ4n) is 7.28. The van der Waals surface area contributed by atoms with E-state index in [9.17, 15) is 24.0 Å². The molecule has 0 spiro atoms. The Morgan fingerprint density at radius 1 is 0.759 bits per heavy atom. The number of ether oxygens (including phenoxy) is 5. The number of ketones is 1. The van der Waals surface area contributed by atoms with Gasteiger partial charge >= 0.3 is 12.1 Å². The zero-order valence-electron chi connectivity index (χ0n) is 34.4. The van der Waals surface area contributed by atoms with Crippen molar-refractivity contribution in [2.45, 2.75) is 116 Å². The molecule has 308 valence electrons. The molecule has 5 atom stereocenters. The maximum absolute atomic E-state index is 14.1. The first-order valence-corrected chi connectivity index (χ1v) is 22.6. The van der Waals surface area contributed by atoms with Gasteiger partial charge in [0.15, 0.2) is 26.8 Å². The van der Waals surface area contributed by atoms with Gasteiger partial charge < -0.3 is 32.9 Å². The van der Waals surface area contributed by atoms with Crippen molar-refractivity contribution in [1.82, 2.24) is 4.90 Å². The van der Waals surface area contributed by atoms with Crippen LogP contribution in [0.25, 0.3) is 11.1 Å². The number of amides is 2. The highest BCUT2D eigenvalue weighted by Crippen LogP contribution is 2.45. The van der Waals surface area contributed by atoms with Crippen LogP contribution < -0.4 is 0 Å². The van der Waals surface area contributed by atoms with Crippen LogP contribution in [0.5, 0.6) is 0 Å². The largest absolute Gasteiger partial charge is 0.508 e. The lowest BCUT2D eigenvalue weighted by Gasteiger charge is -2.50. The van der Waals surface area contributed by atoms with Gasteiger partial charge in [-0.15, -0.1) is 0 Å². The number of fused-ring (bicyclic) bond motifs is 3. The minimum absolute atomic E-state index is 0.0847. The highest BCUT2D eigenvalue weighted by Gasteiger charge is 2.59. The third kappa shape index (κ3) is 9.02. The molecule has 0 bridgehead atoms. The fourth-order valence-corrected chi connectivity index (χ4v) is 8.40. The minimum atomic E-state index is -2.77. The van der Waals surface area contributed by atoms with E-state index in [-0.39, 0.29) is 60.5 Å². The molecule has 3 aromatic carbocycles. The summed E-state index contributed by atoms with van der Waals surface area (Å²) in [7, 11) is -2.77. The summed E-state index contributed by atoms with van der Waals surface area (Å²) in [6, 6.07) is 23.8. The maximum atomic E-state index is 14.1. The van der Waals surface area contributed by atoms with Crippen LogP contribution in [-0.4, -0.2) is 86.8 Å². The summed E-state index contributed by atoms with van der Waals surface area (Å²) in [6.45, 7) is 14.5. The SMILES string of the molecule is CC(=O)CCC(=O)O[C@H]1[C@H](OC(=O)OCC2c3ccccc3-c3ccccc32)[C@@H](N2C(=O)C(C)=C(C)C2=O)[C@H](O[Si](C)(C)C(C)(C)C)O[C@@H]1COCc1ccccc1. The number of nitrogens with zero attached hydrogens (tertiary/aromatic N) is 1. The van der Waals surface area contributed by atoms with E-state index in [1.807, 2.05) is 113 Å². The highest BCUT2D eigenvalue weighted by molar-refractivity contribution is 6.74. The Hall–Kier alpha value is -4.95. The summed E-state index contributed by atoms with van der Waals surface area (Å²) in [5.41, 5.74) is 5.34. The second-order valence-electron chi connectivity index (χ2n) is 16.7. The van der Waals surface area contributed by atoms with Crippen LogP contribution >= 0.6 is 0 Å². The summed E-state index contributed by atoms with van der Waals surface area (Å²) in [5.74, 6) is -2.54. The van der Waals surface area contributed by atoms with E-state index >= 15 is 0 Å². The first-order valence-electron chi connectivity index (χ1n) is 19.7. The molecule has 2 aliphatic heterocycles. The quantitative estimate of drug-likeness (QED) is 0.0900. The third-order valence-corrected chi connectivity index (χ3v) is 16.1. The molecule has 0 saturated carbocycles.